The van der Waals surface area contributed by atoms with Crippen LogP contribution in [0.1, 0.15) is 29.9 Å². The first kappa shape index (κ1) is 35.4. The molecule has 3 aromatic heterocycles. The second-order valence-corrected chi connectivity index (χ2v) is 10.2. The van der Waals surface area contributed by atoms with Crippen LogP contribution in [0, 0.1) is 0 Å². The van der Waals surface area contributed by atoms with Crippen molar-refractivity contribution in [1.82, 2.24) is 51.2 Å². The minimum atomic E-state index is -1.81. The molecule has 21 heteroatoms. The number of nitrogens with two attached hydrogens (primary N) is 1. The van der Waals surface area contributed by atoms with Crippen molar-refractivity contribution in [2.45, 2.75) is 62.3 Å². The van der Waals surface area contributed by atoms with E-state index in [9.17, 15) is 48.9 Å². The van der Waals surface area contributed by atoms with E-state index in [0.29, 0.717) is 17.1 Å². The Bertz CT molecular complexity index is 1530. The molecule has 21 nitrogen and oxygen atoms in total. The SMILES string of the molecule is N[C@@H](Cc1cnc[nH]1)C(=O)N[C@@H](CC(=O)O)C(=O)N[C@@H](Cc1cnc[nH]1)C(=O)N[C@@H](CC(=O)O)C(=O)N[C@@H](Cc1cnc[nH]1)C(=O)O. The number of aromatic nitrogens is 6. The van der Waals surface area contributed by atoms with E-state index in [1.54, 1.807) is 0 Å². The summed E-state index contributed by atoms with van der Waals surface area (Å²) in [6.07, 6.45) is 5.56. The Hall–Kier alpha value is -6.12. The lowest BCUT2D eigenvalue weighted by Crippen LogP contribution is -2.59. The number of amides is 4. The summed E-state index contributed by atoms with van der Waals surface area (Å²) in [6, 6.07) is -7.82. The number of aliphatic carboxylic acids is 3. The quantitative estimate of drug-likeness (QED) is 0.0588. The van der Waals surface area contributed by atoms with Gasteiger partial charge >= 0.3 is 17.9 Å². The number of H-pyrrole nitrogens is 3. The summed E-state index contributed by atoms with van der Waals surface area (Å²) in [5.41, 5.74) is 7.05. The molecule has 0 fully saturated rings. The predicted molar refractivity (Wildman–Crippen MR) is 155 cm³/mol. The summed E-state index contributed by atoms with van der Waals surface area (Å²) < 4.78 is 0. The number of carboxylic acids is 3. The van der Waals surface area contributed by atoms with Gasteiger partial charge in [-0.3, -0.25) is 28.8 Å². The van der Waals surface area contributed by atoms with Crippen LogP contribution in [0.3, 0.4) is 0 Å². The van der Waals surface area contributed by atoms with Crippen LogP contribution in [-0.2, 0) is 52.8 Å². The molecule has 0 radical (unpaired) electrons. The highest BCUT2D eigenvalue weighted by Crippen LogP contribution is 2.06. The number of nitrogens with one attached hydrogen (secondary N) is 7. The molecule has 12 N–H and O–H groups in total. The van der Waals surface area contributed by atoms with Gasteiger partial charge in [-0.15, -0.1) is 0 Å². The van der Waals surface area contributed by atoms with Gasteiger partial charge in [0.05, 0.1) is 37.9 Å². The molecule has 0 aliphatic heterocycles. The molecule has 3 rings (SSSR count). The molecule has 4 amide bonds. The van der Waals surface area contributed by atoms with Gasteiger partial charge in [0, 0.05) is 54.9 Å². The summed E-state index contributed by atoms with van der Waals surface area (Å²) in [6.45, 7) is 0. The van der Waals surface area contributed by atoms with Gasteiger partial charge in [-0.25, -0.2) is 19.7 Å². The second-order valence-electron chi connectivity index (χ2n) is 10.2. The zero-order chi connectivity index (χ0) is 34.5. The molecular weight excluding hydrogens is 626 g/mol. The maximum Gasteiger partial charge on any atom is 0.326 e. The maximum atomic E-state index is 13.4. The van der Waals surface area contributed by atoms with Crippen molar-refractivity contribution in [3.05, 3.63) is 54.7 Å². The molecular formula is C26H33N11O10. The number of carbonyl (C=O) groups is 7. The molecule has 0 saturated carbocycles. The summed E-state index contributed by atoms with van der Waals surface area (Å²) in [5, 5.41) is 37.3. The summed E-state index contributed by atoms with van der Waals surface area (Å²) in [5.74, 6) is -8.67. The highest BCUT2D eigenvalue weighted by atomic mass is 16.4. The van der Waals surface area contributed by atoms with Gasteiger partial charge in [0.25, 0.3) is 0 Å². The fourth-order valence-corrected chi connectivity index (χ4v) is 4.23. The molecule has 0 aliphatic rings. The van der Waals surface area contributed by atoms with Crippen LogP contribution < -0.4 is 27.0 Å². The van der Waals surface area contributed by atoms with Crippen molar-refractivity contribution in [2.24, 2.45) is 5.73 Å². The van der Waals surface area contributed by atoms with E-state index in [1.807, 2.05) is 0 Å². The Labute approximate surface area is 264 Å². The first-order chi connectivity index (χ1) is 22.3. The Kier molecular flexibility index (Phi) is 12.6. The normalized spacial score (nSPS) is 14.1. The Morgan fingerprint density at radius 2 is 0.936 bits per heavy atom. The average molecular weight is 660 g/mol. The van der Waals surface area contributed by atoms with Crippen LogP contribution in [0.15, 0.2) is 37.6 Å². The average Bonchev–Trinajstić information content (AvgIpc) is 3.80. The molecule has 0 aromatic carbocycles. The van der Waals surface area contributed by atoms with Crippen LogP contribution in [0.25, 0.3) is 0 Å². The van der Waals surface area contributed by atoms with Crippen LogP contribution in [0.2, 0.25) is 0 Å². The van der Waals surface area contributed by atoms with Crippen molar-refractivity contribution in [3.63, 3.8) is 0 Å². The predicted octanol–water partition coefficient (Wildman–Crippen LogP) is -3.82. The number of aromatic amines is 3. The second kappa shape index (κ2) is 16.8. The van der Waals surface area contributed by atoms with Crippen molar-refractivity contribution in [1.29, 1.82) is 0 Å². The van der Waals surface area contributed by atoms with E-state index in [2.05, 4.69) is 51.2 Å². The molecule has 0 bridgehead atoms. The van der Waals surface area contributed by atoms with Gasteiger partial charge in [0.2, 0.25) is 23.6 Å². The number of nitrogens with zero attached hydrogens (tertiary/aromatic N) is 3. The lowest BCUT2D eigenvalue weighted by atomic mass is 10.1. The Morgan fingerprint density at radius 3 is 1.34 bits per heavy atom. The first-order valence-corrected chi connectivity index (χ1v) is 13.9. The monoisotopic (exact) mass is 659 g/mol. The molecule has 0 spiro atoms. The standard InChI is InChI=1S/C26H33N11O10/c27-15(1-12-6-28-9-31-12)22(42)34-17(4-20(38)39)24(44)35-16(2-13-7-29-10-32-13)23(43)36-18(5-21(40)41)25(45)37-19(26(46)47)3-14-8-30-11-33-14/h6-11,15-19H,1-5,27H2,(H,28,31)(H,29,32)(H,30,33)(H,34,42)(H,35,44)(H,36,43)(H,37,45)(H,38,39)(H,40,41)(H,46,47)/t15-,16-,17-,18-,19-/m0/s1. The van der Waals surface area contributed by atoms with Gasteiger partial charge in [0.15, 0.2) is 0 Å². The van der Waals surface area contributed by atoms with Crippen molar-refractivity contribution >= 4 is 41.5 Å². The zero-order valence-electron chi connectivity index (χ0n) is 24.5. The number of hydrogen-bond acceptors (Lipinski definition) is 11. The number of carboxylic acid groups (broad SMARTS) is 3. The lowest BCUT2D eigenvalue weighted by Gasteiger charge is -2.25. The van der Waals surface area contributed by atoms with E-state index in [4.69, 9.17) is 5.73 Å². The highest BCUT2D eigenvalue weighted by molar-refractivity contribution is 5.97. The summed E-state index contributed by atoms with van der Waals surface area (Å²) in [7, 11) is 0. The van der Waals surface area contributed by atoms with E-state index < -0.39 is 84.6 Å². The number of carbonyl (C=O) groups excluding carboxylic acids is 4. The molecule has 252 valence electrons. The third-order valence-electron chi connectivity index (χ3n) is 6.56. The molecule has 0 unspecified atom stereocenters. The van der Waals surface area contributed by atoms with Gasteiger partial charge in [-0.05, 0) is 0 Å². The van der Waals surface area contributed by atoms with Crippen LogP contribution >= 0.6 is 0 Å². The Morgan fingerprint density at radius 1 is 0.574 bits per heavy atom. The summed E-state index contributed by atoms with van der Waals surface area (Å²) in [4.78, 5) is 107. The smallest absolute Gasteiger partial charge is 0.326 e. The molecule has 0 aliphatic carbocycles. The molecule has 0 saturated heterocycles. The number of hydrogen-bond donors (Lipinski definition) is 11. The molecule has 3 heterocycles. The number of rotatable bonds is 19. The molecule has 3 aromatic rings. The van der Waals surface area contributed by atoms with Crippen LogP contribution in [-0.4, -0.2) is 117 Å². The fraction of sp³-hybridized carbons (Fsp3) is 0.385. The fourth-order valence-electron chi connectivity index (χ4n) is 4.23. The van der Waals surface area contributed by atoms with E-state index >= 15 is 0 Å². The topological polar surface area (TPSA) is 340 Å². The van der Waals surface area contributed by atoms with Crippen molar-refractivity contribution < 1.29 is 48.9 Å². The minimum Gasteiger partial charge on any atom is -0.481 e. The van der Waals surface area contributed by atoms with E-state index in [1.165, 1.54) is 37.6 Å². The third kappa shape index (κ3) is 11.4. The first-order valence-electron chi connectivity index (χ1n) is 13.9. The van der Waals surface area contributed by atoms with Gasteiger partial charge < -0.3 is 57.3 Å². The van der Waals surface area contributed by atoms with Crippen LogP contribution in [0.4, 0.5) is 0 Å². The van der Waals surface area contributed by atoms with Crippen molar-refractivity contribution in [2.75, 3.05) is 0 Å². The third-order valence-corrected chi connectivity index (χ3v) is 6.56. The zero-order valence-corrected chi connectivity index (χ0v) is 24.5. The van der Waals surface area contributed by atoms with E-state index in [0.717, 1.165) is 0 Å². The Balaban J connectivity index is 1.77. The summed E-state index contributed by atoms with van der Waals surface area (Å²) >= 11 is 0. The minimum absolute atomic E-state index is 0.0181. The maximum absolute atomic E-state index is 13.4. The number of imidazole rings is 3. The van der Waals surface area contributed by atoms with Crippen molar-refractivity contribution in [3.8, 4) is 0 Å². The molecule has 5 atom stereocenters. The highest BCUT2D eigenvalue weighted by Gasteiger charge is 2.34. The largest absolute Gasteiger partial charge is 0.481 e. The van der Waals surface area contributed by atoms with Gasteiger partial charge in [0.1, 0.15) is 24.2 Å². The van der Waals surface area contributed by atoms with E-state index in [-0.39, 0.29) is 19.3 Å². The van der Waals surface area contributed by atoms with Crippen LogP contribution in [0.5, 0.6) is 0 Å². The molecule has 47 heavy (non-hydrogen) atoms. The van der Waals surface area contributed by atoms with Gasteiger partial charge in [-0.2, -0.15) is 0 Å². The lowest BCUT2D eigenvalue weighted by molar-refractivity contribution is -0.143. The van der Waals surface area contributed by atoms with Gasteiger partial charge in [-0.1, -0.05) is 0 Å².